The topological polar surface area (TPSA) is 81.2 Å². The zero-order valence-electron chi connectivity index (χ0n) is 11.5. The van der Waals surface area contributed by atoms with Crippen LogP contribution in [0.2, 0.25) is 0 Å². The molecule has 0 unspecified atom stereocenters. The first-order valence-corrected chi connectivity index (χ1v) is 6.40. The maximum absolute atomic E-state index is 12.2. The van der Waals surface area contributed by atoms with Crippen molar-refractivity contribution in [3.05, 3.63) is 0 Å². The summed E-state index contributed by atoms with van der Waals surface area (Å²) in [7, 11) is 0. The molecule has 7 nitrogen and oxygen atoms in total. The molecule has 3 amide bonds. The van der Waals surface area contributed by atoms with E-state index in [1.165, 1.54) is 6.92 Å². The molecule has 0 atom stereocenters. The van der Waals surface area contributed by atoms with E-state index in [0.29, 0.717) is 32.6 Å². The maximum atomic E-state index is 12.2. The van der Waals surface area contributed by atoms with Crippen molar-refractivity contribution < 1.29 is 19.5 Å². The van der Waals surface area contributed by atoms with Crippen LogP contribution in [0, 0.1) is 12.3 Å². The van der Waals surface area contributed by atoms with Crippen LogP contribution < -0.4 is 0 Å². The third-order valence-electron chi connectivity index (χ3n) is 3.09. The molecule has 1 heterocycles. The van der Waals surface area contributed by atoms with Crippen molar-refractivity contribution in [1.82, 2.24) is 14.7 Å². The second-order valence-corrected chi connectivity index (χ2v) is 4.58. The quantitative estimate of drug-likeness (QED) is 0.719. The predicted octanol–water partition coefficient (Wildman–Crippen LogP) is -0.320. The van der Waals surface area contributed by atoms with Crippen molar-refractivity contribution in [2.45, 2.75) is 13.3 Å². The zero-order chi connectivity index (χ0) is 15.1. The van der Waals surface area contributed by atoms with Crippen LogP contribution in [0.5, 0.6) is 0 Å². The lowest BCUT2D eigenvalue weighted by atomic mass is 10.4. The highest BCUT2D eigenvalue weighted by molar-refractivity contribution is 5.80. The average molecular weight is 281 g/mol. The van der Waals surface area contributed by atoms with E-state index >= 15 is 0 Å². The molecule has 1 fully saturated rings. The lowest BCUT2D eigenvalue weighted by Crippen LogP contribution is -2.47. The number of carbonyl (C=O) groups is 3. The summed E-state index contributed by atoms with van der Waals surface area (Å²) < 4.78 is 0. The Labute approximate surface area is 118 Å². The molecule has 1 saturated heterocycles. The molecule has 0 aromatic carbocycles. The summed E-state index contributed by atoms with van der Waals surface area (Å²) in [4.78, 5) is 38.6. The van der Waals surface area contributed by atoms with Crippen LogP contribution in [0.3, 0.4) is 0 Å². The van der Waals surface area contributed by atoms with Crippen molar-refractivity contribution in [1.29, 1.82) is 0 Å². The lowest BCUT2D eigenvalue weighted by Gasteiger charge is -2.27. The molecule has 0 aromatic heterocycles. The van der Waals surface area contributed by atoms with Gasteiger partial charge in [-0.3, -0.25) is 9.59 Å². The Kier molecular flexibility index (Phi) is 5.84. The first-order valence-electron chi connectivity index (χ1n) is 6.40. The number of rotatable bonds is 3. The Morgan fingerprint density at radius 3 is 2.35 bits per heavy atom. The number of urea groups is 1. The van der Waals surface area contributed by atoms with E-state index in [4.69, 9.17) is 11.5 Å². The van der Waals surface area contributed by atoms with E-state index in [1.807, 2.05) is 0 Å². The van der Waals surface area contributed by atoms with E-state index in [1.54, 1.807) is 9.80 Å². The van der Waals surface area contributed by atoms with Gasteiger partial charge in [0.25, 0.3) is 0 Å². The molecule has 110 valence electrons. The molecular formula is C13H19N3O4. The summed E-state index contributed by atoms with van der Waals surface area (Å²) in [5, 5.41) is 8.79. The van der Waals surface area contributed by atoms with E-state index in [2.05, 4.69) is 5.92 Å². The number of terminal acetylenes is 1. The van der Waals surface area contributed by atoms with Gasteiger partial charge in [-0.2, -0.15) is 0 Å². The second-order valence-electron chi connectivity index (χ2n) is 4.58. The molecule has 1 aliphatic rings. The van der Waals surface area contributed by atoms with Crippen LogP contribution in [0.1, 0.15) is 13.3 Å². The third kappa shape index (κ3) is 4.46. The van der Waals surface area contributed by atoms with Gasteiger partial charge in [0, 0.05) is 33.1 Å². The SMILES string of the molecule is C#CCN(CC(=O)O)C(=O)N1CCCN(C(C)=O)CC1. The number of carbonyl (C=O) groups excluding carboxylic acids is 2. The van der Waals surface area contributed by atoms with Gasteiger partial charge in [0.1, 0.15) is 6.54 Å². The van der Waals surface area contributed by atoms with Crippen LogP contribution in [0.25, 0.3) is 0 Å². The molecule has 0 aromatic rings. The summed E-state index contributed by atoms with van der Waals surface area (Å²) in [6, 6.07) is -0.393. The first kappa shape index (κ1) is 15.8. The van der Waals surface area contributed by atoms with Crippen LogP contribution in [-0.2, 0) is 9.59 Å². The number of carboxylic acid groups (broad SMARTS) is 1. The number of hydrogen-bond acceptors (Lipinski definition) is 3. The minimum Gasteiger partial charge on any atom is -0.480 e. The molecule has 0 bridgehead atoms. The van der Waals surface area contributed by atoms with Gasteiger partial charge in [0.15, 0.2) is 0 Å². The minimum absolute atomic E-state index is 0.0229. The molecule has 0 saturated carbocycles. The van der Waals surface area contributed by atoms with Gasteiger partial charge in [-0.25, -0.2) is 4.79 Å². The number of hydrogen-bond donors (Lipinski definition) is 1. The number of nitrogens with zero attached hydrogens (tertiary/aromatic N) is 3. The Morgan fingerprint density at radius 1 is 1.20 bits per heavy atom. The second kappa shape index (κ2) is 7.38. The van der Waals surface area contributed by atoms with Gasteiger partial charge in [-0.1, -0.05) is 5.92 Å². The van der Waals surface area contributed by atoms with Crippen molar-refractivity contribution in [2.75, 3.05) is 39.3 Å². The van der Waals surface area contributed by atoms with Crippen molar-refractivity contribution in [2.24, 2.45) is 0 Å². The lowest BCUT2D eigenvalue weighted by molar-refractivity contribution is -0.137. The predicted molar refractivity (Wildman–Crippen MR) is 71.9 cm³/mol. The maximum Gasteiger partial charge on any atom is 0.323 e. The van der Waals surface area contributed by atoms with Crippen molar-refractivity contribution >= 4 is 17.9 Å². The minimum atomic E-state index is -1.10. The van der Waals surface area contributed by atoms with E-state index in [0.717, 1.165) is 4.90 Å². The summed E-state index contributed by atoms with van der Waals surface area (Å²) >= 11 is 0. The van der Waals surface area contributed by atoms with Crippen molar-refractivity contribution in [3.63, 3.8) is 0 Å². The standard InChI is InChI=1S/C13H19N3O4/c1-3-5-16(10-12(18)19)13(20)15-7-4-6-14(8-9-15)11(2)17/h1H,4-10H2,2H3,(H,18,19). The number of aliphatic carboxylic acids is 1. The first-order chi connectivity index (χ1) is 9.45. The average Bonchev–Trinajstić information content (AvgIpc) is 2.62. The molecule has 1 aliphatic heterocycles. The molecule has 1 rings (SSSR count). The summed E-state index contributed by atoms with van der Waals surface area (Å²) in [5.74, 6) is 1.16. The highest BCUT2D eigenvalue weighted by Gasteiger charge is 2.25. The highest BCUT2D eigenvalue weighted by atomic mass is 16.4. The van der Waals surface area contributed by atoms with Gasteiger partial charge < -0.3 is 19.8 Å². The van der Waals surface area contributed by atoms with Crippen molar-refractivity contribution in [3.8, 4) is 12.3 Å². The fourth-order valence-corrected chi connectivity index (χ4v) is 2.09. The van der Waals surface area contributed by atoms with Gasteiger partial charge in [0.05, 0.1) is 6.54 Å². The van der Waals surface area contributed by atoms with E-state index in [9.17, 15) is 14.4 Å². The van der Waals surface area contributed by atoms with E-state index in [-0.39, 0.29) is 12.5 Å². The van der Waals surface area contributed by atoms with Gasteiger partial charge in [-0.15, -0.1) is 6.42 Å². The molecular weight excluding hydrogens is 262 g/mol. The molecule has 0 radical (unpaired) electrons. The van der Waals surface area contributed by atoms with Gasteiger partial charge in [0.2, 0.25) is 5.91 Å². The molecule has 0 spiro atoms. The largest absolute Gasteiger partial charge is 0.480 e. The zero-order valence-corrected chi connectivity index (χ0v) is 11.5. The van der Waals surface area contributed by atoms with E-state index < -0.39 is 18.5 Å². The molecule has 0 aliphatic carbocycles. The highest BCUT2D eigenvalue weighted by Crippen LogP contribution is 2.07. The summed E-state index contributed by atoms with van der Waals surface area (Å²) in [5.41, 5.74) is 0. The monoisotopic (exact) mass is 281 g/mol. The van der Waals surface area contributed by atoms with Crippen LogP contribution >= 0.6 is 0 Å². The molecule has 20 heavy (non-hydrogen) atoms. The fraction of sp³-hybridized carbons (Fsp3) is 0.615. The van der Waals surface area contributed by atoms with Crippen LogP contribution in [-0.4, -0.2) is 77.0 Å². The Balaban J connectivity index is 2.67. The Hall–Kier alpha value is -2.23. The molecule has 7 heteroatoms. The molecule has 1 N–H and O–H groups in total. The summed E-state index contributed by atoms with van der Waals surface area (Å²) in [6.07, 6.45) is 5.83. The Morgan fingerprint density at radius 2 is 1.80 bits per heavy atom. The van der Waals surface area contributed by atoms with Crippen LogP contribution in [0.4, 0.5) is 4.79 Å². The van der Waals surface area contributed by atoms with Crippen LogP contribution in [0.15, 0.2) is 0 Å². The summed E-state index contributed by atoms with van der Waals surface area (Å²) in [6.45, 7) is 2.97. The third-order valence-corrected chi connectivity index (χ3v) is 3.09. The Bertz CT molecular complexity index is 430. The fourth-order valence-electron chi connectivity index (χ4n) is 2.09. The smallest absolute Gasteiger partial charge is 0.323 e. The number of amides is 3. The number of carboxylic acids is 1. The van der Waals surface area contributed by atoms with Gasteiger partial charge >= 0.3 is 12.0 Å². The van der Waals surface area contributed by atoms with Gasteiger partial charge in [-0.05, 0) is 6.42 Å². The normalized spacial score (nSPS) is 15.2.